The predicted molar refractivity (Wildman–Crippen MR) is 70.9 cm³/mol. The van der Waals surface area contributed by atoms with E-state index < -0.39 is 11.0 Å². The molecule has 0 aliphatic heterocycles. The van der Waals surface area contributed by atoms with Crippen LogP contribution in [0.5, 0.6) is 0 Å². The van der Waals surface area contributed by atoms with E-state index in [4.69, 9.17) is 0 Å². The summed E-state index contributed by atoms with van der Waals surface area (Å²) in [6, 6.07) is 4.48. The third kappa shape index (κ3) is 2.53. The number of nitrogens with zero attached hydrogens (tertiary/aromatic N) is 3. The average Bonchev–Trinajstić information content (AvgIpc) is 2.44. The predicted octanol–water partition coefficient (Wildman–Crippen LogP) is 2.41. The number of rotatable bonds is 4. The van der Waals surface area contributed by atoms with E-state index in [0.29, 0.717) is 23.0 Å². The van der Waals surface area contributed by atoms with Gasteiger partial charge in [-0.05, 0) is 12.5 Å². The van der Waals surface area contributed by atoms with Crippen LogP contribution in [0.2, 0.25) is 0 Å². The molecule has 0 saturated heterocycles. The van der Waals surface area contributed by atoms with E-state index in [-0.39, 0.29) is 11.6 Å². The van der Waals surface area contributed by atoms with E-state index in [1.54, 1.807) is 6.07 Å². The number of aromatic nitrogens is 2. The first-order chi connectivity index (χ1) is 9.04. The zero-order valence-electron chi connectivity index (χ0n) is 10.8. The Labute approximate surface area is 110 Å². The van der Waals surface area contributed by atoms with Crippen LogP contribution in [0.3, 0.4) is 0 Å². The maximum absolute atomic E-state index is 10.8. The summed E-state index contributed by atoms with van der Waals surface area (Å²) in [4.78, 5) is 18.7. The van der Waals surface area contributed by atoms with Gasteiger partial charge in [-0.1, -0.05) is 13.8 Å². The lowest BCUT2D eigenvalue weighted by molar-refractivity contribution is -0.384. The molecule has 6 heteroatoms. The largest absolute Gasteiger partial charge is 0.392 e. The Kier molecular flexibility index (Phi) is 3.71. The molecule has 0 saturated carbocycles. The minimum Gasteiger partial charge on any atom is -0.392 e. The third-order valence-corrected chi connectivity index (χ3v) is 3.29. The Hall–Kier alpha value is -2.08. The Bertz CT molecular complexity index is 615. The first-order valence-corrected chi connectivity index (χ1v) is 6.11. The van der Waals surface area contributed by atoms with E-state index in [9.17, 15) is 15.2 Å². The smallest absolute Gasteiger partial charge is 0.270 e. The summed E-state index contributed by atoms with van der Waals surface area (Å²) in [7, 11) is 0. The van der Waals surface area contributed by atoms with Crippen LogP contribution in [0.1, 0.15) is 31.9 Å². The quantitative estimate of drug-likeness (QED) is 0.674. The number of hydrogen-bond acceptors (Lipinski definition) is 5. The topological polar surface area (TPSA) is 89.2 Å². The highest BCUT2D eigenvalue weighted by Gasteiger charge is 2.20. The van der Waals surface area contributed by atoms with Crippen molar-refractivity contribution in [2.45, 2.75) is 32.3 Å². The normalized spacial score (nSPS) is 14.3. The van der Waals surface area contributed by atoms with Gasteiger partial charge in [0.15, 0.2) is 0 Å². The van der Waals surface area contributed by atoms with Crippen LogP contribution in [-0.4, -0.2) is 26.1 Å². The first-order valence-electron chi connectivity index (χ1n) is 6.11. The molecular weight excluding hydrogens is 246 g/mol. The maximum Gasteiger partial charge on any atom is 0.270 e. The molecule has 2 rings (SSSR count). The second kappa shape index (κ2) is 5.27. The van der Waals surface area contributed by atoms with E-state index in [2.05, 4.69) is 9.97 Å². The number of hydrogen-bond donors (Lipinski definition) is 1. The first kappa shape index (κ1) is 13.4. The van der Waals surface area contributed by atoms with Gasteiger partial charge >= 0.3 is 0 Å². The van der Waals surface area contributed by atoms with Crippen molar-refractivity contribution < 1.29 is 10.0 Å². The molecule has 6 nitrogen and oxygen atoms in total. The summed E-state index contributed by atoms with van der Waals surface area (Å²) in [5.41, 5.74) is 1.29. The van der Waals surface area contributed by atoms with Crippen LogP contribution < -0.4 is 0 Å². The Morgan fingerprint density at radius 3 is 2.79 bits per heavy atom. The lowest BCUT2D eigenvalue weighted by atomic mass is 9.95. The highest BCUT2D eigenvalue weighted by atomic mass is 16.6. The molecule has 2 atom stereocenters. The molecule has 2 aromatic rings. The molecule has 0 fully saturated rings. The van der Waals surface area contributed by atoms with Crippen molar-refractivity contribution in [1.29, 1.82) is 0 Å². The summed E-state index contributed by atoms with van der Waals surface area (Å²) in [5, 5.41) is 21.4. The van der Waals surface area contributed by atoms with Gasteiger partial charge in [0.1, 0.15) is 6.33 Å². The Morgan fingerprint density at radius 1 is 1.42 bits per heavy atom. The molecule has 1 heterocycles. The summed E-state index contributed by atoms with van der Waals surface area (Å²) < 4.78 is 0. The number of nitro groups is 1. The lowest BCUT2D eigenvalue weighted by Gasteiger charge is -2.17. The van der Waals surface area contributed by atoms with Gasteiger partial charge in [0, 0.05) is 23.4 Å². The van der Waals surface area contributed by atoms with Crippen molar-refractivity contribution in [3.63, 3.8) is 0 Å². The molecule has 1 N–H and O–H groups in total. The number of fused-ring (bicyclic) bond motifs is 1. The summed E-state index contributed by atoms with van der Waals surface area (Å²) in [5.74, 6) is -0.197. The molecule has 0 aliphatic carbocycles. The third-order valence-electron chi connectivity index (χ3n) is 3.29. The molecule has 0 aliphatic rings. The zero-order valence-corrected chi connectivity index (χ0v) is 10.8. The van der Waals surface area contributed by atoms with Crippen molar-refractivity contribution in [3.8, 4) is 0 Å². The molecule has 19 heavy (non-hydrogen) atoms. The van der Waals surface area contributed by atoms with Crippen LogP contribution in [-0.2, 0) is 0 Å². The molecule has 100 valence electrons. The second-order valence-corrected chi connectivity index (χ2v) is 4.48. The van der Waals surface area contributed by atoms with Gasteiger partial charge in [-0.2, -0.15) is 0 Å². The molecule has 1 aromatic carbocycles. The van der Waals surface area contributed by atoms with Crippen LogP contribution in [0.4, 0.5) is 5.69 Å². The summed E-state index contributed by atoms with van der Waals surface area (Å²) in [6.45, 7) is 3.74. The fraction of sp³-hybridized carbons (Fsp3) is 0.385. The van der Waals surface area contributed by atoms with Crippen molar-refractivity contribution >= 4 is 16.6 Å². The molecular formula is C13H15N3O3. The number of benzene rings is 1. The molecule has 1 aromatic heterocycles. The molecule has 0 bridgehead atoms. The van der Waals surface area contributed by atoms with Crippen molar-refractivity contribution in [1.82, 2.24) is 9.97 Å². The standard InChI is InChI=1S/C13H15N3O3/c1-3-12(17)8(2)13-10-6-9(16(18)19)4-5-11(10)14-7-15-13/h4-8,12,17H,3H2,1-2H3. The summed E-state index contributed by atoms with van der Waals surface area (Å²) >= 11 is 0. The fourth-order valence-corrected chi connectivity index (χ4v) is 2.08. The Morgan fingerprint density at radius 2 is 2.16 bits per heavy atom. The van der Waals surface area contributed by atoms with Gasteiger partial charge in [-0.25, -0.2) is 9.97 Å². The second-order valence-electron chi connectivity index (χ2n) is 4.48. The van der Waals surface area contributed by atoms with Gasteiger partial charge in [0.2, 0.25) is 0 Å². The van der Waals surface area contributed by atoms with E-state index in [0.717, 1.165) is 0 Å². The van der Waals surface area contributed by atoms with E-state index in [1.165, 1.54) is 18.5 Å². The minimum atomic E-state index is -0.530. The van der Waals surface area contributed by atoms with Crippen molar-refractivity contribution in [2.24, 2.45) is 0 Å². The van der Waals surface area contributed by atoms with Crippen molar-refractivity contribution in [2.75, 3.05) is 0 Å². The molecule has 2 unspecified atom stereocenters. The average molecular weight is 261 g/mol. The number of non-ortho nitro benzene ring substituents is 1. The highest BCUT2D eigenvalue weighted by molar-refractivity contribution is 5.83. The maximum atomic E-state index is 10.8. The molecule has 0 spiro atoms. The molecule has 0 radical (unpaired) electrons. The molecule has 0 amide bonds. The van der Waals surface area contributed by atoms with Crippen LogP contribution in [0.25, 0.3) is 10.9 Å². The SMILES string of the molecule is CCC(O)C(C)c1ncnc2ccc([N+](=O)[O-])cc12. The van der Waals surface area contributed by atoms with E-state index >= 15 is 0 Å². The summed E-state index contributed by atoms with van der Waals surface area (Å²) in [6.07, 6.45) is 1.49. The van der Waals surface area contributed by atoms with Gasteiger partial charge in [-0.3, -0.25) is 10.1 Å². The highest BCUT2D eigenvalue weighted by Crippen LogP contribution is 2.28. The number of aliphatic hydroxyl groups excluding tert-OH is 1. The van der Waals surface area contributed by atoms with Crippen LogP contribution in [0.15, 0.2) is 24.5 Å². The van der Waals surface area contributed by atoms with Crippen molar-refractivity contribution in [3.05, 3.63) is 40.3 Å². The number of nitro benzene ring substituents is 1. The Balaban J connectivity index is 2.60. The van der Waals surface area contributed by atoms with Crippen LogP contribution >= 0.6 is 0 Å². The van der Waals surface area contributed by atoms with Gasteiger partial charge in [0.05, 0.1) is 22.2 Å². The van der Waals surface area contributed by atoms with Gasteiger partial charge in [-0.15, -0.1) is 0 Å². The lowest BCUT2D eigenvalue weighted by Crippen LogP contribution is -2.16. The van der Waals surface area contributed by atoms with Gasteiger partial charge in [0.25, 0.3) is 5.69 Å². The van der Waals surface area contributed by atoms with Gasteiger partial charge < -0.3 is 5.11 Å². The van der Waals surface area contributed by atoms with Crippen LogP contribution in [0, 0.1) is 10.1 Å². The fourth-order valence-electron chi connectivity index (χ4n) is 2.08. The van der Waals surface area contributed by atoms with E-state index in [1.807, 2.05) is 13.8 Å². The number of aliphatic hydroxyl groups is 1. The zero-order chi connectivity index (χ0) is 14.0. The monoisotopic (exact) mass is 261 g/mol. The minimum absolute atomic E-state index is 0.00161.